The molecule has 0 spiro atoms. The summed E-state index contributed by atoms with van der Waals surface area (Å²) in [6.45, 7) is 1.51. The Balaban J connectivity index is 1.82. The van der Waals surface area contributed by atoms with Gasteiger partial charge in [0.05, 0.1) is 19.3 Å². The Bertz CT molecular complexity index is 536. The molecule has 7 heteroatoms. The first-order valence-electron chi connectivity index (χ1n) is 5.71. The summed E-state index contributed by atoms with van der Waals surface area (Å²) in [7, 11) is 0. The molecule has 1 atom stereocenters. The molecule has 96 valence electrons. The number of thiazole rings is 1. The number of carbonyl (C=O) groups excluding carboxylic acids is 1. The Labute approximate surface area is 107 Å². The standard InChI is InChI=1S/C11H13N3O3S/c15-8-5-13(1-3-17-7-8)10(16)9-6-14-2-4-18-11(14)12-9/h2,4,6,8,15H,1,3,5,7H2/t8-/m0/s1. The van der Waals surface area contributed by atoms with Gasteiger partial charge in [-0.2, -0.15) is 0 Å². The van der Waals surface area contributed by atoms with E-state index >= 15 is 0 Å². The molecule has 0 saturated carbocycles. The van der Waals surface area contributed by atoms with Crippen LogP contribution >= 0.6 is 11.3 Å². The summed E-state index contributed by atoms with van der Waals surface area (Å²) in [5.74, 6) is -0.157. The largest absolute Gasteiger partial charge is 0.389 e. The van der Waals surface area contributed by atoms with Crippen LogP contribution < -0.4 is 0 Å². The fraction of sp³-hybridized carbons (Fsp3) is 0.455. The van der Waals surface area contributed by atoms with Crippen molar-refractivity contribution in [2.45, 2.75) is 6.10 Å². The van der Waals surface area contributed by atoms with Crippen LogP contribution in [-0.2, 0) is 4.74 Å². The molecule has 0 aromatic carbocycles. The lowest BCUT2D eigenvalue weighted by molar-refractivity contribution is 0.0533. The maximum absolute atomic E-state index is 12.3. The molecule has 1 N–H and O–H groups in total. The maximum atomic E-state index is 12.3. The van der Waals surface area contributed by atoms with E-state index < -0.39 is 6.10 Å². The van der Waals surface area contributed by atoms with Gasteiger partial charge in [-0.1, -0.05) is 0 Å². The Morgan fingerprint density at radius 1 is 1.61 bits per heavy atom. The van der Waals surface area contributed by atoms with Gasteiger partial charge in [-0.3, -0.25) is 9.20 Å². The summed E-state index contributed by atoms with van der Waals surface area (Å²) in [4.78, 5) is 18.9. The van der Waals surface area contributed by atoms with Crippen molar-refractivity contribution in [3.05, 3.63) is 23.5 Å². The number of aromatic nitrogens is 2. The molecule has 2 aromatic heterocycles. The molecule has 0 aliphatic carbocycles. The summed E-state index contributed by atoms with van der Waals surface area (Å²) in [6.07, 6.45) is 2.95. The van der Waals surface area contributed by atoms with Gasteiger partial charge < -0.3 is 14.7 Å². The number of aliphatic hydroxyl groups is 1. The number of nitrogens with zero attached hydrogens (tertiary/aromatic N) is 3. The number of aliphatic hydroxyl groups excluding tert-OH is 1. The van der Waals surface area contributed by atoms with Crippen molar-refractivity contribution < 1.29 is 14.6 Å². The van der Waals surface area contributed by atoms with Crippen molar-refractivity contribution in [2.75, 3.05) is 26.3 Å². The normalized spacial score (nSPS) is 21.2. The fourth-order valence-electron chi connectivity index (χ4n) is 1.97. The second-order valence-electron chi connectivity index (χ2n) is 4.20. The smallest absolute Gasteiger partial charge is 0.274 e. The molecule has 1 saturated heterocycles. The highest BCUT2D eigenvalue weighted by Gasteiger charge is 2.23. The molecular formula is C11H13N3O3S. The molecule has 1 amide bonds. The lowest BCUT2D eigenvalue weighted by atomic mass is 10.3. The third-order valence-electron chi connectivity index (χ3n) is 2.85. The van der Waals surface area contributed by atoms with Gasteiger partial charge in [0, 0.05) is 30.9 Å². The van der Waals surface area contributed by atoms with Crippen molar-refractivity contribution >= 4 is 22.2 Å². The summed E-state index contributed by atoms with van der Waals surface area (Å²) < 4.78 is 7.02. The highest BCUT2D eigenvalue weighted by molar-refractivity contribution is 7.15. The molecule has 3 rings (SSSR count). The fourth-order valence-corrected chi connectivity index (χ4v) is 2.67. The SMILES string of the molecule is O=C(c1cn2ccsc2n1)N1CCOC[C@@H](O)C1. The van der Waals surface area contributed by atoms with E-state index in [1.807, 2.05) is 16.0 Å². The number of hydrogen-bond acceptors (Lipinski definition) is 5. The molecule has 3 heterocycles. The Morgan fingerprint density at radius 2 is 2.50 bits per heavy atom. The summed E-state index contributed by atoms with van der Waals surface area (Å²) in [5.41, 5.74) is 0.413. The van der Waals surface area contributed by atoms with E-state index in [1.165, 1.54) is 11.3 Å². The number of imidazole rings is 1. The first kappa shape index (κ1) is 11.6. The lowest BCUT2D eigenvalue weighted by Crippen LogP contribution is -2.37. The summed E-state index contributed by atoms with van der Waals surface area (Å²) >= 11 is 1.48. The van der Waals surface area contributed by atoms with E-state index in [4.69, 9.17) is 4.74 Å². The third kappa shape index (κ3) is 2.12. The minimum atomic E-state index is -0.625. The zero-order valence-corrected chi connectivity index (χ0v) is 10.5. The van der Waals surface area contributed by atoms with Crippen molar-refractivity contribution in [3.63, 3.8) is 0 Å². The van der Waals surface area contributed by atoms with Gasteiger partial charge >= 0.3 is 0 Å². The topological polar surface area (TPSA) is 67.1 Å². The average molecular weight is 267 g/mol. The van der Waals surface area contributed by atoms with Gasteiger partial charge in [0.1, 0.15) is 5.69 Å². The van der Waals surface area contributed by atoms with E-state index in [2.05, 4.69) is 4.98 Å². The monoisotopic (exact) mass is 267 g/mol. The van der Waals surface area contributed by atoms with E-state index in [1.54, 1.807) is 11.1 Å². The molecule has 1 aliphatic rings. The van der Waals surface area contributed by atoms with E-state index in [-0.39, 0.29) is 12.5 Å². The van der Waals surface area contributed by atoms with E-state index in [9.17, 15) is 9.90 Å². The summed E-state index contributed by atoms with van der Waals surface area (Å²) in [5, 5.41) is 11.5. The van der Waals surface area contributed by atoms with Crippen LogP contribution in [0.1, 0.15) is 10.5 Å². The van der Waals surface area contributed by atoms with Gasteiger partial charge in [0.25, 0.3) is 5.91 Å². The second kappa shape index (κ2) is 4.68. The first-order valence-corrected chi connectivity index (χ1v) is 6.59. The third-order valence-corrected chi connectivity index (χ3v) is 3.62. The predicted octanol–water partition coefficient (Wildman–Crippen LogP) is 0.229. The summed E-state index contributed by atoms with van der Waals surface area (Å²) in [6, 6.07) is 0. The number of rotatable bonds is 1. The maximum Gasteiger partial charge on any atom is 0.274 e. The number of fused-ring (bicyclic) bond motifs is 1. The molecule has 6 nitrogen and oxygen atoms in total. The number of amides is 1. The molecule has 1 fully saturated rings. The van der Waals surface area contributed by atoms with Crippen LogP contribution in [0.25, 0.3) is 4.96 Å². The lowest BCUT2D eigenvalue weighted by Gasteiger charge is -2.19. The average Bonchev–Trinajstić information content (AvgIpc) is 2.86. The molecule has 0 unspecified atom stereocenters. The van der Waals surface area contributed by atoms with Crippen LogP contribution in [0.3, 0.4) is 0 Å². The van der Waals surface area contributed by atoms with E-state index in [0.29, 0.717) is 25.4 Å². The minimum Gasteiger partial charge on any atom is -0.389 e. The molecule has 0 bridgehead atoms. The van der Waals surface area contributed by atoms with Crippen molar-refractivity contribution in [2.24, 2.45) is 0 Å². The Morgan fingerprint density at radius 3 is 3.33 bits per heavy atom. The number of carbonyl (C=O) groups is 1. The zero-order valence-electron chi connectivity index (χ0n) is 9.65. The molecule has 0 radical (unpaired) electrons. The molecular weight excluding hydrogens is 254 g/mol. The van der Waals surface area contributed by atoms with Gasteiger partial charge in [-0.15, -0.1) is 11.3 Å². The van der Waals surface area contributed by atoms with Crippen LogP contribution in [0.5, 0.6) is 0 Å². The first-order chi connectivity index (χ1) is 8.74. The van der Waals surface area contributed by atoms with Crippen molar-refractivity contribution in [1.29, 1.82) is 0 Å². The van der Waals surface area contributed by atoms with Crippen molar-refractivity contribution in [3.8, 4) is 0 Å². The van der Waals surface area contributed by atoms with Crippen LogP contribution in [0, 0.1) is 0 Å². The van der Waals surface area contributed by atoms with Gasteiger partial charge in [-0.05, 0) is 0 Å². The molecule has 18 heavy (non-hydrogen) atoms. The van der Waals surface area contributed by atoms with Crippen LogP contribution in [-0.4, -0.2) is 57.7 Å². The Hall–Kier alpha value is -1.44. The minimum absolute atomic E-state index is 0.157. The number of ether oxygens (including phenoxy) is 1. The van der Waals surface area contributed by atoms with E-state index in [0.717, 1.165) is 4.96 Å². The number of β-amino-alcohol motifs (C(OH)–C–C–N with tert-alkyl or cyclic N) is 1. The van der Waals surface area contributed by atoms with Crippen molar-refractivity contribution in [1.82, 2.24) is 14.3 Å². The molecule has 1 aliphatic heterocycles. The Kier molecular flexibility index (Phi) is 3.02. The highest BCUT2D eigenvalue weighted by atomic mass is 32.1. The van der Waals surface area contributed by atoms with Crippen LogP contribution in [0.15, 0.2) is 17.8 Å². The van der Waals surface area contributed by atoms with Crippen LogP contribution in [0.4, 0.5) is 0 Å². The van der Waals surface area contributed by atoms with Gasteiger partial charge in [0.2, 0.25) is 0 Å². The number of hydrogen-bond donors (Lipinski definition) is 1. The predicted molar refractivity (Wildman–Crippen MR) is 65.8 cm³/mol. The highest BCUT2D eigenvalue weighted by Crippen LogP contribution is 2.13. The van der Waals surface area contributed by atoms with Gasteiger partial charge in [-0.25, -0.2) is 4.98 Å². The quantitative estimate of drug-likeness (QED) is 0.803. The van der Waals surface area contributed by atoms with Gasteiger partial charge in [0.15, 0.2) is 4.96 Å². The molecule has 2 aromatic rings. The second-order valence-corrected chi connectivity index (χ2v) is 5.07. The zero-order chi connectivity index (χ0) is 12.5. The van der Waals surface area contributed by atoms with Crippen LogP contribution in [0.2, 0.25) is 0 Å².